The van der Waals surface area contributed by atoms with Crippen molar-refractivity contribution >= 4 is 0 Å². The largest absolute Gasteiger partial charge is 0.316 e. The summed E-state index contributed by atoms with van der Waals surface area (Å²) in [6.07, 6.45) is 2.57. The Morgan fingerprint density at radius 1 is 1.12 bits per heavy atom. The Kier molecular flexibility index (Phi) is 3.88. The second kappa shape index (κ2) is 5.22. The van der Waals surface area contributed by atoms with Crippen LogP contribution in [0.1, 0.15) is 35.6 Å². The smallest absolute Gasteiger partial charge is 0.00148 e. The number of hydrogen-bond donors (Lipinski definition) is 1. The molecule has 2 rings (SSSR count). The molecule has 0 amide bonds. The third kappa shape index (κ3) is 2.90. The van der Waals surface area contributed by atoms with Crippen LogP contribution < -0.4 is 5.32 Å². The lowest BCUT2D eigenvalue weighted by Crippen LogP contribution is -2.36. The number of piperidine rings is 1. The second-order valence-electron chi connectivity index (χ2n) is 5.80. The molecule has 1 fully saturated rings. The maximum atomic E-state index is 3.53. The van der Waals surface area contributed by atoms with E-state index in [2.05, 4.69) is 45.1 Å². The van der Waals surface area contributed by atoms with Gasteiger partial charge in [0.2, 0.25) is 0 Å². The first-order valence-corrected chi connectivity index (χ1v) is 6.85. The molecule has 1 heteroatoms. The molecule has 0 spiro atoms. The fraction of sp³-hybridized carbons (Fsp3) is 0.625. The van der Waals surface area contributed by atoms with Gasteiger partial charge in [-0.3, -0.25) is 0 Å². The zero-order chi connectivity index (χ0) is 12.4. The van der Waals surface area contributed by atoms with Gasteiger partial charge in [-0.2, -0.15) is 0 Å². The van der Waals surface area contributed by atoms with Crippen molar-refractivity contribution in [2.24, 2.45) is 11.8 Å². The molecule has 1 aliphatic heterocycles. The van der Waals surface area contributed by atoms with E-state index in [1.54, 1.807) is 5.56 Å². The van der Waals surface area contributed by atoms with Crippen LogP contribution in [-0.4, -0.2) is 13.1 Å². The van der Waals surface area contributed by atoms with Crippen molar-refractivity contribution in [2.45, 2.75) is 40.5 Å². The van der Waals surface area contributed by atoms with Gasteiger partial charge in [-0.25, -0.2) is 0 Å². The topological polar surface area (TPSA) is 12.0 Å². The maximum Gasteiger partial charge on any atom is -0.00148 e. The molecule has 1 nitrogen and oxygen atoms in total. The standard InChI is InChI=1S/C16H25N/c1-11-5-6-17-10-16(11)9-15-8-13(3)12(2)7-14(15)4/h7-8,11,16-17H,5-6,9-10H2,1-4H3. The molecule has 0 aromatic heterocycles. The van der Waals surface area contributed by atoms with Crippen molar-refractivity contribution in [1.82, 2.24) is 5.32 Å². The van der Waals surface area contributed by atoms with Gasteiger partial charge in [-0.15, -0.1) is 0 Å². The first kappa shape index (κ1) is 12.6. The predicted octanol–water partition coefficient (Wildman–Crippen LogP) is 3.40. The molecule has 0 bridgehead atoms. The van der Waals surface area contributed by atoms with E-state index in [1.807, 2.05) is 0 Å². The lowest BCUT2D eigenvalue weighted by Gasteiger charge is -2.30. The van der Waals surface area contributed by atoms with Gasteiger partial charge in [0.1, 0.15) is 0 Å². The molecule has 1 heterocycles. The maximum absolute atomic E-state index is 3.53. The van der Waals surface area contributed by atoms with Crippen molar-refractivity contribution in [3.8, 4) is 0 Å². The summed E-state index contributed by atoms with van der Waals surface area (Å²) in [6.45, 7) is 11.5. The first-order valence-electron chi connectivity index (χ1n) is 6.85. The Labute approximate surface area is 106 Å². The summed E-state index contributed by atoms with van der Waals surface area (Å²) in [5.74, 6) is 1.67. The van der Waals surface area contributed by atoms with Crippen LogP contribution in [0.5, 0.6) is 0 Å². The molecule has 1 aromatic rings. The van der Waals surface area contributed by atoms with Crippen LogP contribution >= 0.6 is 0 Å². The van der Waals surface area contributed by atoms with E-state index < -0.39 is 0 Å². The Morgan fingerprint density at radius 2 is 1.82 bits per heavy atom. The van der Waals surface area contributed by atoms with Crippen LogP contribution in [0.4, 0.5) is 0 Å². The average molecular weight is 231 g/mol. The number of nitrogens with one attached hydrogen (secondary N) is 1. The average Bonchev–Trinajstić information content (AvgIpc) is 2.29. The summed E-state index contributed by atoms with van der Waals surface area (Å²) < 4.78 is 0. The zero-order valence-electron chi connectivity index (χ0n) is 11.6. The van der Waals surface area contributed by atoms with Crippen molar-refractivity contribution in [2.75, 3.05) is 13.1 Å². The van der Waals surface area contributed by atoms with Crippen LogP contribution in [0.25, 0.3) is 0 Å². The van der Waals surface area contributed by atoms with E-state index in [4.69, 9.17) is 0 Å². The fourth-order valence-corrected chi connectivity index (χ4v) is 2.85. The van der Waals surface area contributed by atoms with Gasteiger partial charge in [-0.05, 0) is 80.8 Å². The fourth-order valence-electron chi connectivity index (χ4n) is 2.85. The number of hydrogen-bond acceptors (Lipinski definition) is 1. The summed E-state index contributed by atoms with van der Waals surface area (Å²) in [7, 11) is 0. The highest BCUT2D eigenvalue weighted by molar-refractivity contribution is 5.36. The molecule has 0 aliphatic carbocycles. The molecule has 94 valence electrons. The molecule has 1 aromatic carbocycles. The summed E-state index contributed by atoms with van der Waals surface area (Å²) in [4.78, 5) is 0. The van der Waals surface area contributed by atoms with E-state index in [-0.39, 0.29) is 0 Å². The van der Waals surface area contributed by atoms with Crippen LogP contribution in [0.3, 0.4) is 0 Å². The van der Waals surface area contributed by atoms with E-state index in [0.29, 0.717) is 0 Å². The highest BCUT2D eigenvalue weighted by atomic mass is 14.9. The van der Waals surface area contributed by atoms with Gasteiger partial charge in [0.25, 0.3) is 0 Å². The van der Waals surface area contributed by atoms with Crippen LogP contribution in [0, 0.1) is 32.6 Å². The highest BCUT2D eigenvalue weighted by Gasteiger charge is 2.21. The third-order valence-electron chi connectivity index (χ3n) is 4.42. The normalized spacial score (nSPS) is 24.9. The monoisotopic (exact) mass is 231 g/mol. The minimum atomic E-state index is 0.810. The number of benzene rings is 1. The minimum absolute atomic E-state index is 0.810. The van der Waals surface area contributed by atoms with Crippen molar-refractivity contribution in [1.29, 1.82) is 0 Å². The van der Waals surface area contributed by atoms with Crippen molar-refractivity contribution in [3.05, 3.63) is 34.4 Å². The summed E-state index contributed by atoms with van der Waals surface area (Å²) in [6, 6.07) is 4.73. The van der Waals surface area contributed by atoms with Gasteiger partial charge >= 0.3 is 0 Å². The summed E-state index contributed by atoms with van der Waals surface area (Å²) >= 11 is 0. The zero-order valence-corrected chi connectivity index (χ0v) is 11.6. The molecule has 1 saturated heterocycles. The minimum Gasteiger partial charge on any atom is -0.316 e. The van der Waals surface area contributed by atoms with Gasteiger partial charge in [0, 0.05) is 0 Å². The lowest BCUT2D eigenvalue weighted by molar-refractivity contribution is 0.272. The summed E-state index contributed by atoms with van der Waals surface area (Å²) in [5.41, 5.74) is 5.86. The van der Waals surface area contributed by atoms with Crippen molar-refractivity contribution < 1.29 is 0 Å². The summed E-state index contributed by atoms with van der Waals surface area (Å²) in [5, 5.41) is 3.53. The predicted molar refractivity (Wildman–Crippen MR) is 74.5 cm³/mol. The first-order chi connectivity index (χ1) is 8.08. The molecule has 1 N–H and O–H groups in total. The van der Waals surface area contributed by atoms with Gasteiger partial charge < -0.3 is 5.32 Å². The molecule has 17 heavy (non-hydrogen) atoms. The Balaban J connectivity index is 2.15. The Morgan fingerprint density at radius 3 is 2.53 bits per heavy atom. The quantitative estimate of drug-likeness (QED) is 0.822. The third-order valence-corrected chi connectivity index (χ3v) is 4.42. The lowest BCUT2D eigenvalue weighted by atomic mass is 9.82. The molecule has 2 unspecified atom stereocenters. The molecule has 0 saturated carbocycles. The highest BCUT2D eigenvalue weighted by Crippen LogP contribution is 2.25. The second-order valence-corrected chi connectivity index (χ2v) is 5.80. The van der Waals surface area contributed by atoms with E-state index >= 15 is 0 Å². The molecular formula is C16H25N. The van der Waals surface area contributed by atoms with Gasteiger partial charge in [0.05, 0.1) is 0 Å². The van der Waals surface area contributed by atoms with E-state index in [0.717, 1.165) is 11.8 Å². The Bertz CT molecular complexity index is 395. The van der Waals surface area contributed by atoms with E-state index in [1.165, 1.54) is 42.6 Å². The molecule has 0 radical (unpaired) electrons. The van der Waals surface area contributed by atoms with Crippen LogP contribution in [0.15, 0.2) is 12.1 Å². The van der Waals surface area contributed by atoms with Gasteiger partial charge in [0.15, 0.2) is 0 Å². The van der Waals surface area contributed by atoms with Crippen molar-refractivity contribution in [3.63, 3.8) is 0 Å². The van der Waals surface area contributed by atoms with Crippen LogP contribution in [-0.2, 0) is 6.42 Å². The van der Waals surface area contributed by atoms with Crippen LogP contribution in [0.2, 0.25) is 0 Å². The number of aryl methyl sites for hydroxylation is 3. The SMILES string of the molecule is Cc1cc(C)c(CC2CNCCC2C)cc1C. The number of rotatable bonds is 2. The van der Waals surface area contributed by atoms with E-state index in [9.17, 15) is 0 Å². The Hall–Kier alpha value is -0.820. The molecular weight excluding hydrogens is 206 g/mol. The molecule has 2 atom stereocenters. The molecule has 1 aliphatic rings. The van der Waals surface area contributed by atoms with Gasteiger partial charge in [-0.1, -0.05) is 19.1 Å².